The molecule has 0 amide bonds. The molecular formula is C12H19F3N4. The van der Waals surface area contributed by atoms with E-state index in [4.69, 9.17) is 5.73 Å². The quantitative estimate of drug-likeness (QED) is 0.919. The number of halogens is 3. The van der Waals surface area contributed by atoms with Crippen LogP contribution in [-0.2, 0) is 13.5 Å². The lowest BCUT2D eigenvalue weighted by atomic mass is 9.77. The third-order valence-corrected chi connectivity index (χ3v) is 4.06. The van der Waals surface area contributed by atoms with Crippen LogP contribution in [0, 0.1) is 11.8 Å². The van der Waals surface area contributed by atoms with E-state index >= 15 is 0 Å². The minimum absolute atomic E-state index is 0.142. The van der Waals surface area contributed by atoms with E-state index in [1.807, 2.05) is 0 Å². The van der Waals surface area contributed by atoms with Crippen molar-refractivity contribution >= 4 is 0 Å². The number of aryl methyl sites for hydroxylation is 1. The van der Waals surface area contributed by atoms with Gasteiger partial charge in [0.15, 0.2) is 0 Å². The van der Waals surface area contributed by atoms with Crippen LogP contribution < -0.4 is 5.73 Å². The summed E-state index contributed by atoms with van der Waals surface area (Å²) < 4.78 is 39.4. The van der Waals surface area contributed by atoms with Gasteiger partial charge in [-0.25, -0.2) is 4.98 Å². The molecule has 0 saturated heterocycles. The first-order valence-corrected chi connectivity index (χ1v) is 6.53. The topological polar surface area (TPSA) is 56.7 Å². The molecular weight excluding hydrogens is 257 g/mol. The minimum atomic E-state index is -4.06. The molecule has 1 aromatic heterocycles. The number of nitrogens with zero attached hydrogens (tertiary/aromatic N) is 3. The van der Waals surface area contributed by atoms with Crippen LogP contribution in [-0.4, -0.2) is 27.0 Å². The lowest BCUT2D eigenvalue weighted by Crippen LogP contribution is -2.38. The predicted octanol–water partition coefficient (Wildman–Crippen LogP) is 2.05. The number of nitrogens with two attached hydrogens (primary N) is 1. The van der Waals surface area contributed by atoms with Gasteiger partial charge >= 0.3 is 6.18 Å². The number of hydrogen-bond donors (Lipinski definition) is 1. The molecule has 0 radical (unpaired) electrons. The highest BCUT2D eigenvalue weighted by Crippen LogP contribution is 2.40. The van der Waals surface area contributed by atoms with Gasteiger partial charge in [0.25, 0.3) is 0 Å². The van der Waals surface area contributed by atoms with Crippen LogP contribution in [0.5, 0.6) is 0 Å². The second kappa shape index (κ2) is 5.48. The summed E-state index contributed by atoms with van der Waals surface area (Å²) in [7, 11) is 1.79. The Morgan fingerprint density at radius 2 is 2.00 bits per heavy atom. The first-order valence-electron chi connectivity index (χ1n) is 6.53. The molecule has 1 unspecified atom stereocenters. The predicted molar refractivity (Wildman–Crippen MR) is 64.2 cm³/mol. The van der Waals surface area contributed by atoms with Crippen molar-refractivity contribution in [1.29, 1.82) is 0 Å². The summed E-state index contributed by atoms with van der Waals surface area (Å²) in [6.45, 7) is 0. The highest BCUT2D eigenvalue weighted by atomic mass is 19.4. The van der Waals surface area contributed by atoms with E-state index in [2.05, 4.69) is 10.1 Å². The van der Waals surface area contributed by atoms with Gasteiger partial charge in [0.05, 0.1) is 5.92 Å². The Kier molecular flexibility index (Phi) is 4.13. The van der Waals surface area contributed by atoms with E-state index in [0.29, 0.717) is 19.3 Å². The van der Waals surface area contributed by atoms with Crippen molar-refractivity contribution < 1.29 is 13.2 Å². The van der Waals surface area contributed by atoms with Crippen LogP contribution in [0.15, 0.2) is 6.33 Å². The summed E-state index contributed by atoms with van der Waals surface area (Å²) in [5.41, 5.74) is 6.10. The Hall–Kier alpha value is -1.11. The normalized spacial score (nSPS) is 26.4. The molecule has 1 fully saturated rings. The third kappa shape index (κ3) is 3.46. The van der Waals surface area contributed by atoms with Crippen molar-refractivity contribution in [3.63, 3.8) is 0 Å². The molecule has 1 aliphatic rings. The Morgan fingerprint density at radius 3 is 2.47 bits per heavy atom. The molecule has 2 N–H and O–H groups in total. The van der Waals surface area contributed by atoms with Gasteiger partial charge in [-0.05, 0) is 31.6 Å². The van der Waals surface area contributed by atoms with Crippen LogP contribution in [0.1, 0.15) is 31.5 Å². The number of rotatable bonds is 3. The molecule has 1 heterocycles. The largest absolute Gasteiger partial charge is 0.391 e. The van der Waals surface area contributed by atoms with E-state index in [-0.39, 0.29) is 24.8 Å². The van der Waals surface area contributed by atoms with Gasteiger partial charge in [0.1, 0.15) is 12.2 Å². The maximum Gasteiger partial charge on any atom is 0.391 e. The summed E-state index contributed by atoms with van der Waals surface area (Å²) >= 11 is 0. The number of aromatic nitrogens is 3. The summed E-state index contributed by atoms with van der Waals surface area (Å²) in [6, 6.07) is -0.142. The lowest BCUT2D eigenvalue weighted by molar-refractivity contribution is -0.184. The van der Waals surface area contributed by atoms with Gasteiger partial charge in [0.2, 0.25) is 0 Å². The molecule has 0 aliphatic heterocycles. The first-order chi connectivity index (χ1) is 8.88. The van der Waals surface area contributed by atoms with Gasteiger partial charge in [0, 0.05) is 19.5 Å². The fraction of sp³-hybridized carbons (Fsp3) is 0.833. The molecule has 2 rings (SSSR count). The van der Waals surface area contributed by atoms with Crippen LogP contribution in [0.25, 0.3) is 0 Å². The Bertz CT molecular complexity index is 407. The first kappa shape index (κ1) is 14.3. The molecule has 1 aliphatic carbocycles. The van der Waals surface area contributed by atoms with Crippen LogP contribution >= 0.6 is 0 Å². The molecule has 7 heteroatoms. The third-order valence-electron chi connectivity index (χ3n) is 4.06. The molecule has 4 nitrogen and oxygen atoms in total. The Balaban J connectivity index is 1.86. The monoisotopic (exact) mass is 276 g/mol. The fourth-order valence-corrected chi connectivity index (χ4v) is 2.76. The van der Waals surface area contributed by atoms with Crippen LogP contribution in [0.2, 0.25) is 0 Å². The van der Waals surface area contributed by atoms with E-state index < -0.39 is 12.1 Å². The Labute approximate surface area is 110 Å². The highest BCUT2D eigenvalue weighted by Gasteiger charge is 2.42. The number of hydrogen-bond acceptors (Lipinski definition) is 3. The molecule has 1 saturated carbocycles. The van der Waals surface area contributed by atoms with E-state index in [1.165, 1.54) is 6.33 Å². The highest BCUT2D eigenvalue weighted by molar-refractivity contribution is 4.92. The summed E-state index contributed by atoms with van der Waals surface area (Å²) in [4.78, 5) is 4.10. The van der Waals surface area contributed by atoms with E-state index in [1.54, 1.807) is 11.7 Å². The van der Waals surface area contributed by atoms with Crippen molar-refractivity contribution in [1.82, 2.24) is 14.8 Å². The SMILES string of the molecule is Cn1ncnc1CC(N)C1CCC(C(F)(F)F)CC1. The van der Waals surface area contributed by atoms with Gasteiger partial charge in [-0.1, -0.05) is 0 Å². The smallest absolute Gasteiger partial charge is 0.327 e. The van der Waals surface area contributed by atoms with Crippen molar-refractivity contribution in [2.75, 3.05) is 0 Å². The standard InChI is InChI=1S/C12H19F3N4/c1-19-11(17-7-18-19)6-10(16)8-2-4-9(5-3-8)12(13,14)15/h7-10H,2-6,16H2,1H3. The maximum atomic E-state index is 12.6. The number of alkyl halides is 3. The van der Waals surface area contributed by atoms with Gasteiger partial charge in [-0.3, -0.25) is 4.68 Å². The van der Waals surface area contributed by atoms with Crippen molar-refractivity contribution in [3.8, 4) is 0 Å². The zero-order valence-corrected chi connectivity index (χ0v) is 10.9. The van der Waals surface area contributed by atoms with Crippen molar-refractivity contribution in [3.05, 3.63) is 12.2 Å². The molecule has 0 aromatic carbocycles. The van der Waals surface area contributed by atoms with Gasteiger partial charge < -0.3 is 5.73 Å². The molecule has 19 heavy (non-hydrogen) atoms. The van der Waals surface area contributed by atoms with Crippen molar-refractivity contribution in [2.45, 2.75) is 44.3 Å². The second-order valence-corrected chi connectivity index (χ2v) is 5.32. The van der Waals surface area contributed by atoms with Crippen molar-refractivity contribution in [2.24, 2.45) is 24.6 Å². The van der Waals surface area contributed by atoms with E-state index in [0.717, 1.165) is 5.82 Å². The fourth-order valence-electron chi connectivity index (χ4n) is 2.76. The average molecular weight is 276 g/mol. The average Bonchev–Trinajstić information content (AvgIpc) is 2.74. The minimum Gasteiger partial charge on any atom is -0.327 e. The van der Waals surface area contributed by atoms with Crippen LogP contribution in [0.3, 0.4) is 0 Å². The molecule has 1 aromatic rings. The van der Waals surface area contributed by atoms with Crippen LogP contribution in [0.4, 0.5) is 13.2 Å². The zero-order valence-electron chi connectivity index (χ0n) is 10.9. The van der Waals surface area contributed by atoms with Gasteiger partial charge in [-0.2, -0.15) is 18.3 Å². The van der Waals surface area contributed by atoms with Gasteiger partial charge in [-0.15, -0.1) is 0 Å². The lowest BCUT2D eigenvalue weighted by Gasteiger charge is -2.32. The molecule has 108 valence electrons. The zero-order chi connectivity index (χ0) is 14.0. The van der Waals surface area contributed by atoms with E-state index in [9.17, 15) is 13.2 Å². The second-order valence-electron chi connectivity index (χ2n) is 5.32. The molecule has 0 bridgehead atoms. The molecule has 1 atom stereocenters. The summed E-state index contributed by atoms with van der Waals surface area (Å²) in [6.07, 6.45) is -0.549. The Morgan fingerprint density at radius 1 is 1.37 bits per heavy atom. The summed E-state index contributed by atoms with van der Waals surface area (Å²) in [5, 5.41) is 3.96. The summed E-state index contributed by atoms with van der Waals surface area (Å²) in [5.74, 6) is -0.216. The molecule has 0 spiro atoms. The maximum absolute atomic E-state index is 12.6.